The van der Waals surface area contributed by atoms with E-state index in [1.807, 2.05) is 0 Å². The Hall–Kier alpha value is 0.0200. The van der Waals surface area contributed by atoms with Gasteiger partial charge in [-0.2, -0.15) is 0 Å². The Bertz CT molecular complexity index is 180. The molecule has 0 atom stereocenters. The molecule has 0 rings (SSSR count). The van der Waals surface area contributed by atoms with E-state index in [4.69, 9.17) is 0 Å². The van der Waals surface area contributed by atoms with Crippen molar-refractivity contribution in [3.05, 3.63) is 0 Å². The fraction of sp³-hybridized carbons (Fsp3) is 0.938. The van der Waals surface area contributed by atoms with Gasteiger partial charge in [-0.1, -0.05) is 84.0 Å². The normalized spacial score (nSPS) is 10.8. The topological polar surface area (TPSA) is 17.1 Å². The lowest BCUT2D eigenvalue weighted by molar-refractivity contribution is -0.110. The standard InChI is InChI=1S/C16H32OS/c1-2-3-4-5-6-7-8-9-10-11-12-13-14-15-16(17)18/h2-15H2,1H3,(H,17,18). The molecule has 0 radical (unpaired) electrons. The van der Waals surface area contributed by atoms with E-state index in [1.54, 1.807) is 0 Å². The summed E-state index contributed by atoms with van der Waals surface area (Å²) in [6.07, 6.45) is 18.2. The van der Waals surface area contributed by atoms with E-state index in [-0.39, 0.29) is 5.12 Å². The summed E-state index contributed by atoms with van der Waals surface area (Å²) in [4.78, 5) is 10.6. The van der Waals surface area contributed by atoms with Gasteiger partial charge >= 0.3 is 0 Å². The van der Waals surface area contributed by atoms with Crippen LogP contribution in [-0.2, 0) is 4.79 Å². The Morgan fingerprint density at radius 1 is 0.667 bits per heavy atom. The van der Waals surface area contributed by atoms with Crippen molar-refractivity contribution in [2.24, 2.45) is 0 Å². The summed E-state index contributed by atoms with van der Waals surface area (Å²) < 4.78 is 0. The van der Waals surface area contributed by atoms with Gasteiger partial charge in [-0.25, -0.2) is 0 Å². The molecule has 2 heteroatoms. The smallest absolute Gasteiger partial charge is 0.185 e. The number of thiol groups is 1. The van der Waals surface area contributed by atoms with E-state index in [9.17, 15) is 4.79 Å². The Balaban J connectivity index is 2.92. The molecule has 0 aromatic heterocycles. The largest absolute Gasteiger partial charge is 0.288 e. The summed E-state index contributed by atoms with van der Waals surface area (Å²) in [5.74, 6) is 0. The van der Waals surface area contributed by atoms with Crippen molar-refractivity contribution in [1.82, 2.24) is 0 Å². The minimum absolute atomic E-state index is 0.0399. The van der Waals surface area contributed by atoms with Gasteiger partial charge in [0.1, 0.15) is 0 Å². The van der Waals surface area contributed by atoms with Crippen LogP contribution < -0.4 is 0 Å². The number of hydrogen-bond acceptors (Lipinski definition) is 1. The molecular formula is C16H32OS. The molecule has 18 heavy (non-hydrogen) atoms. The molecular weight excluding hydrogens is 240 g/mol. The number of carbonyl (C=O) groups is 1. The molecule has 0 aliphatic rings. The molecule has 0 N–H and O–H groups in total. The van der Waals surface area contributed by atoms with Gasteiger partial charge in [0.2, 0.25) is 0 Å². The average Bonchev–Trinajstić information content (AvgIpc) is 2.34. The summed E-state index contributed by atoms with van der Waals surface area (Å²) in [6, 6.07) is 0. The van der Waals surface area contributed by atoms with E-state index >= 15 is 0 Å². The van der Waals surface area contributed by atoms with Gasteiger partial charge in [0.25, 0.3) is 0 Å². The van der Waals surface area contributed by atoms with E-state index in [2.05, 4.69) is 19.6 Å². The van der Waals surface area contributed by atoms with Crippen LogP contribution in [0.3, 0.4) is 0 Å². The lowest BCUT2D eigenvalue weighted by Gasteiger charge is -2.02. The predicted molar refractivity (Wildman–Crippen MR) is 84.3 cm³/mol. The van der Waals surface area contributed by atoms with E-state index < -0.39 is 0 Å². The van der Waals surface area contributed by atoms with Crippen LogP contribution in [0.5, 0.6) is 0 Å². The second-order valence-corrected chi connectivity index (χ2v) is 5.89. The molecule has 0 saturated heterocycles. The maximum absolute atomic E-state index is 10.6. The van der Waals surface area contributed by atoms with Crippen LogP contribution in [0.4, 0.5) is 0 Å². The molecule has 0 bridgehead atoms. The molecule has 0 aromatic rings. The van der Waals surface area contributed by atoms with Crippen molar-refractivity contribution in [1.29, 1.82) is 0 Å². The van der Waals surface area contributed by atoms with Crippen molar-refractivity contribution in [3.63, 3.8) is 0 Å². The minimum atomic E-state index is 0.0399. The third kappa shape index (κ3) is 16.0. The zero-order valence-corrected chi connectivity index (χ0v) is 13.1. The maximum atomic E-state index is 10.6. The number of hydrogen-bond donors (Lipinski definition) is 1. The monoisotopic (exact) mass is 272 g/mol. The van der Waals surface area contributed by atoms with Crippen LogP contribution in [0.15, 0.2) is 0 Å². The van der Waals surface area contributed by atoms with E-state index in [0.29, 0.717) is 6.42 Å². The first-order valence-corrected chi connectivity index (χ1v) is 8.44. The lowest BCUT2D eigenvalue weighted by atomic mass is 10.0. The molecule has 0 aliphatic carbocycles. The van der Waals surface area contributed by atoms with Gasteiger partial charge in [0, 0.05) is 6.42 Å². The van der Waals surface area contributed by atoms with E-state index in [1.165, 1.54) is 77.0 Å². The van der Waals surface area contributed by atoms with Crippen LogP contribution >= 0.6 is 12.6 Å². The van der Waals surface area contributed by atoms with Crippen molar-refractivity contribution in [3.8, 4) is 0 Å². The highest BCUT2D eigenvalue weighted by molar-refractivity contribution is 7.96. The third-order valence-electron chi connectivity index (χ3n) is 3.49. The van der Waals surface area contributed by atoms with Crippen LogP contribution in [0.25, 0.3) is 0 Å². The fourth-order valence-corrected chi connectivity index (χ4v) is 2.45. The predicted octanol–water partition coefficient (Wildman–Crippen LogP) is 5.92. The van der Waals surface area contributed by atoms with Crippen molar-refractivity contribution in [2.75, 3.05) is 0 Å². The first kappa shape index (κ1) is 18.0. The molecule has 108 valence electrons. The first-order valence-electron chi connectivity index (χ1n) is 7.99. The Morgan fingerprint density at radius 3 is 1.33 bits per heavy atom. The minimum Gasteiger partial charge on any atom is -0.288 e. The van der Waals surface area contributed by atoms with Crippen LogP contribution in [-0.4, -0.2) is 5.12 Å². The van der Waals surface area contributed by atoms with Crippen LogP contribution in [0, 0.1) is 0 Å². The van der Waals surface area contributed by atoms with Crippen molar-refractivity contribution in [2.45, 2.75) is 96.8 Å². The Morgan fingerprint density at radius 2 is 1.00 bits per heavy atom. The first-order chi connectivity index (χ1) is 8.77. The summed E-state index contributed by atoms with van der Waals surface area (Å²) in [5.41, 5.74) is 0. The summed E-state index contributed by atoms with van der Waals surface area (Å²) in [5, 5.41) is 0.0399. The van der Waals surface area contributed by atoms with Gasteiger partial charge in [-0.15, -0.1) is 12.6 Å². The molecule has 0 spiro atoms. The molecule has 0 amide bonds. The number of carbonyl (C=O) groups excluding carboxylic acids is 1. The second kappa shape index (κ2) is 15.1. The molecule has 0 unspecified atom stereocenters. The second-order valence-electron chi connectivity index (χ2n) is 5.39. The molecule has 0 fully saturated rings. The SMILES string of the molecule is CCCCCCCCCCCCCCCC(=O)S. The highest BCUT2D eigenvalue weighted by Gasteiger charge is 1.95. The maximum Gasteiger partial charge on any atom is 0.185 e. The molecule has 0 aliphatic heterocycles. The third-order valence-corrected chi connectivity index (χ3v) is 3.72. The summed E-state index contributed by atoms with van der Waals surface area (Å²) in [6.45, 7) is 2.27. The zero-order valence-electron chi connectivity index (χ0n) is 12.3. The van der Waals surface area contributed by atoms with Gasteiger partial charge in [-0.3, -0.25) is 4.79 Å². The number of unbranched alkanes of at least 4 members (excludes halogenated alkanes) is 12. The van der Waals surface area contributed by atoms with E-state index in [0.717, 1.165) is 6.42 Å². The quantitative estimate of drug-likeness (QED) is 0.306. The molecule has 0 heterocycles. The highest BCUT2D eigenvalue weighted by atomic mass is 32.1. The summed E-state index contributed by atoms with van der Waals surface area (Å²) in [7, 11) is 0. The van der Waals surface area contributed by atoms with Crippen LogP contribution in [0.1, 0.15) is 96.8 Å². The average molecular weight is 272 g/mol. The Kier molecular flexibility index (Phi) is 15.1. The van der Waals surface area contributed by atoms with Crippen LogP contribution in [0.2, 0.25) is 0 Å². The molecule has 0 saturated carbocycles. The van der Waals surface area contributed by atoms with Crippen molar-refractivity contribution < 1.29 is 4.79 Å². The lowest BCUT2D eigenvalue weighted by Crippen LogP contribution is -1.86. The highest BCUT2D eigenvalue weighted by Crippen LogP contribution is 2.13. The summed E-state index contributed by atoms with van der Waals surface area (Å²) >= 11 is 3.77. The fourth-order valence-electron chi connectivity index (χ4n) is 2.29. The van der Waals surface area contributed by atoms with Gasteiger partial charge in [0.15, 0.2) is 5.12 Å². The molecule has 1 nitrogen and oxygen atoms in total. The number of rotatable bonds is 14. The zero-order chi connectivity index (χ0) is 13.5. The Labute approximate surface area is 120 Å². The van der Waals surface area contributed by atoms with Gasteiger partial charge in [-0.05, 0) is 6.42 Å². The molecule has 0 aromatic carbocycles. The van der Waals surface area contributed by atoms with Gasteiger partial charge < -0.3 is 0 Å². The van der Waals surface area contributed by atoms with Crippen molar-refractivity contribution >= 4 is 17.7 Å². The van der Waals surface area contributed by atoms with Gasteiger partial charge in [0.05, 0.1) is 0 Å².